The highest BCUT2D eigenvalue weighted by Crippen LogP contribution is 1.50. The predicted molar refractivity (Wildman–Crippen MR) is 32.7 cm³/mol. The van der Waals surface area contributed by atoms with Crippen LogP contribution in [-0.4, -0.2) is 10.9 Å². The Bertz CT molecular complexity index is 71.8. The van der Waals surface area contributed by atoms with Gasteiger partial charge in [0, 0.05) is 0 Å². The second-order valence-corrected chi connectivity index (χ2v) is 1.13. The summed E-state index contributed by atoms with van der Waals surface area (Å²) in [6, 6.07) is 0. The molecule has 0 saturated heterocycles. The standard InChI is InChI=1S/C3H6O.NO3.H3N/c1-3(2)4;2-1(3)4;/h1-2H3;;1H3/q;-1;/p+1. The fraction of sp³-hybridized carbons (Fsp3) is 0.667. The van der Waals surface area contributed by atoms with Crippen LogP contribution in [0.25, 0.3) is 0 Å². The van der Waals surface area contributed by atoms with Crippen molar-refractivity contribution >= 4 is 5.78 Å². The summed E-state index contributed by atoms with van der Waals surface area (Å²) in [5.41, 5.74) is 0. The Balaban J connectivity index is -0.0000000720. The molecule has 0 aromatic rings. The predicted octanol–water partition coefficient (Wildman–Crippen LogP) is 0.732. The molecule has 0 bridgehead atoms. The molecule has 56 valence electrons. The van der Waals surface area contributed by atoms with Gasteiger partial charge in [0.1, 0.15) is 5.78 Å². The highest BCUT2D eigenvalue weighted by Gasteiger charge is 1.62. The number of ketones is 1. The molecule has 0 radical (unpaired) electrons. The molecule has 0 fully saturated rings. The maximum Gasteiger partial charge on any atom is 0.126 e. The van der Waals surface area contributed by atoms with Crippen molar-refractivity contribution in [2.75, 3.05) is 0 Å². The molecule has 0 aliphatic heterocycles. The van der Waals surface area contributed by atoms with E-state index in [1.54, 1.807) is 0 Å². The highest BCUT2D eigenvalue weighted by atomic mass is 16.9. The first kappa shape index (κ1) is 15.7. The monoisotopic (exact) mass is 138 g/mol. The fourth-order valence-electron chi connectivity index (χ4n) is 0. The van der Waals surface area contributed by atoms with Gasteiger partial charge in [-0.15, -0.1) is 0 Å². The number of carbonyl (C=O) groups is 1. The summed E-state index contributed by atoms with van der Waals surface area (Å²) < 4.78 is 0. The number of hydrogen-bond donors (Lipinski definition) is 1. The van der Waals surface area contributed by atoms with Gasteiger partial charge in [-0.3, -0.25) is 0 Å². The molecule has 0 aliphatic carbocycles. The minimum Gasteiger partial charge on any atom is -0.369 e. The molecule has 6 heteroatoms. The zero-order chi connectivity index (χ0) is 7.15. The van der Waals surface area contributed by atoms with Crippen LogP contribution >= 0.6 is 0 Å². The van der Waals surface area contributed by atoms with Crippen molar-refractivity contribution in [2.24, 2.45) is 0 Å². The van der Waals surface area contributed by atoms with Crippen molar-refractivity contribution in [3.8, 4) is 0 Å². The third-order valence-corrected chi connectivity index (χ3v) is 0. The Morgan fingerprint density at radius 2 is 1.33 bits per heavy atom. The van der Waals surface area contributed by atoms with Crippen LogP contribution in [-0.2, 0) is 4.79 Å². The van der Waals surface area contributed by atoms with Crippen LogP contribution in [0.15, 0.2) is 0 Å². The molecule has 0 aliphatic rings. The van der Waals surface area contributed by atoms with Crippen molar-refractivity contribution < 1.29 is 9.88 Å². The summed E-state index contributed by atoms with van der Waals surface area (Å²) in [5.74, 6) is 0.167. The second-order valence-electron chi connectivity index (χ2n) is 1.13. The Morgan fingerprint density at radius 3 is 1.33 bits per heavy atom. The molecule has 6 nitrogen and oxygen atoms in total. The molecule has 0 rings (SSSR count). The summed E-state index contributed by atoms with van der Waals surface area (Å²) in [4.78, 5) is 17.7. The van der Waals surface area contributed by atoms with Crippen LogP contribution in [0.5, 0.6) is 0 Å². The number of quaternary nitrogens is 1. The number of nitrogens with zero attached hydrogens (tertiary/aromatic N) is 1. The van der Waals surface area contributed by atoms with E-state index in [1.807, 2.05) is 0 Å². The number of carbonyl (C=O) groups excluding carboxylic acids is 1. The first-order valence-corrected chi connectivity index (χ1v) is 1.75. The van der Waals surface area contributed by atoms with E-state index in [9.17, 15) is 4.79 Å². The van der Waals surface area contributed by atoms with Gasteiger partial charge in [0.15, 0.2) is 0 Å². The molecular formula is C3H10N2O4. The van der Waals surface area contributed by atoms with Gasteiger partial charge in [0.25, 0.3) is 0 Å². The van der Waals surface area contributed by atoms with E-state index in [0.29, 0.717) is 0 Å². The third kappa shape index (κ3) is 116. The van der Waals surface area contributed by atoms with Crippen molar-refractivity contribution in [2.45, 2.75) is 13.8 Å². The molecule has 9 heavy (non-hydrogen) atoms. The fourth-order valence-corrected chi connectivity index (χ4v) is 0. The lowest BCUT2D eigenvalue weighted by Crippen LogP contribution is -1.74. The second kappa shape index (κ2) is 9.95. The summed E-state index contributed by atoms with van der Waals surface area (Å²) in [6.45, 7) is 3.06. The van der Waals surface area contributed by atoms with Crippen molar-refractivity contribution in [1.29, 1.82) is 0 Å². The van der Waals surface area contributed by atoms with Gasteiger partial charge < -0.3 is 26.3 Å². The molecule has 0 aromatic carbocycles. The minimum atomic E-state index is -1.75. The van der Waals surface area contributed by atoms with Crippen molar-refractivity contribution in [3.05, 3.63) is 15.3 Å². The smallest absolute Gasteiger partial charge is 0.126 e. The molecule has 0 unspecified atom stereocenters. The summed E-state index contributed by atoms with van der Waals surface area (Å²) in [5, 5.41) is 14.8. The summed E-state index contributed by atoms with van der Waals surface area (Å²) in [6.07, 6.45) is 0. The van der Waals surface area contributed by atoms with Crippen LogP contribution in [0.3, 0.4) is 0 Å². The lowest BCUT2D eigenvalue weighted by molar-refractivity contribution is -0.402. The number of Topliss-reactive ketones (excluding diaryl/α,β-unsaturated/α-hetero) is 1. The number of rotatable bonds is 0. The van der Waals surface area contributed by atoms with Crippen LogP contribution in [0.1, 0.15) is 13.8 Å². The minimum absolute atomic E-state index is 0. The molecular weight excluding hydrogens is 128 g/mol. The van der Waals surface area contributed by atoms with Crippen LogP contribution in [0.2, 0.25) is 0 Å². The van der Waals surface area contributed by atoms with E-state index in [4.69, 9.17) is 15.3 Å². The number of hydrogen-bond acceptors (Lipinski definition) is 4. The largest absolute Gasteiger partial charge is 0.369 e. The van der Waals surface area contributed by atoms with Gasteiger partial charge in [-0.25, -0.2) is 0 Å². The van der Waals surface area contributed by atoms with E-state index in [-0.39, 0.29) is 11.9 Å². The zero-order valence-electron chi connectivity index (χ0n) is 5.58. The lowest BCUT2D eigenvalue weighted by atomic mass is 10.6. The summed E-state index contributed by atoms with van der Waals surface area (Å²) >= 11 is 0. The maximum absolute atomic E-state index is 9.44. The molecule has 0 aromatic heterocycles. The van der Waals surface area contributed by atoms with Gasteiger partial charge in [0.05, 0.1) is 5.09 Å². The lowest BCUT2D eigenvalue weighted by Gasteiger charge is -1.74. The Morgan fingerprint density at radius 1 is 1.33 bits per heavy atom. The van der Waals surface area contributed by atoms with E-state index in [1.165, 1.54) is 13.8 Å². The molecule has 0 saturated carbocycles. The van der Waals surface area contributed by atoms with Gasteiger partial charge >= 0.3 is 0 Å². The van der Waals surface area contributed by atoms with Gasteiger partial charge in [-0.05, 0) is 13.8 Å². The first-order chi connectivity index (χ1) is 3.46. The molecule has 0 atom stereocenters. The average molecular weight is 138 g/mol. The zero-order valence-corrected chi connectivity index (χ0v) is 5.58. The quantitative estimate of drug-likeness (QED) is 0.391. The Hall–Kier alpha value is -1.17. The molecule has 0 spiro atoms. The first-order valence-electron chi connectivity index (χ1n) is 1.75. The van der Waals surface area contributed by atoms with E-state index in [2.05, 4.69) is 0 Å². The molecule has 0 heterocycles. The normalized spacial score (nSPS) is 5.56. The average Bonchev–Trinajstić information content (AvgIpc) is 1.25. The van der Waals surface area contributed by atoms with Crippen molar-refractivity contribution in [3.63, 3.8) is 0 Å². The Labute approximate surface area is 52.2 Å². The van der Waals surface area contributed by atoms with Crippen molar-refractivity contribution in [1.82, 2.24) is 6.15 Å². The highest BCUT2D eigenvalue weighted by molar-refractivity contribution is 5.72. The summed E-state index contributed by atoms with van der Waals surface area (Å²) in [7, 11) is 0. The molecule has 4 N–H and O–H groups in total. The van der Waals surface area contributed by atoms with E-state index >= 15 is 0 Å². The van der Waals surface area contributed by atoms with E-state index in [0.717, 1.165) is 0 Å². The van der Waals surface area contributed by atoms with Crippen LogP contribution in [0.4, 0.5) is 0 Å². The Kier molecular flexibility index (Phi) is 17.3. The van der Waals surface area contributed by atoms with E-state index < -0.39 is 5.09 Å². The van der Waals surface area contributed by atoms with Gasteiger partial charge in [-0.1, -0.05) is 0 Å². The maximum atomic E-state index is 9.44. The van der Waals surface area contributed by atoms with Crippen LogP contribution in [0, 0.1) is 15.3 Å². The molecule has 0 amide bonds. The van der Waals surface area contributed by atoms with Gasteiger partial charge in [0.2, 0.25) is 0 Å². The van der Waals surface area contributed by atoms with Gasteiger partial charge in [-0.2, -0.15) is 0 Å². The SMILES string of the molecule is CC(C)=O.O=[N+]([O-])[O-].[NH4+]. The third-order valence-electron chi connectivity index (χ3n) is 0. The topological polar surface area (TPSA) is 120 Å². The van der Waals surface area contributed by atoms with Crippen LogP contribution < -0.4 is 6.15 Å².